The second-order valence-electron chi connectivity index (χ2n) is 7.49. The average Bonchev–Trinajstić information content (AvgIpc) is 3.47. The van der Waals surface area contributed by atoms with Crippen LogP contribution >= 0.6 is 0 Å². The van der Waals surface area contributed by atoms with Crippen LogP contribution in [0.4, 0.5) is 0 Å². The van der Waals surface area contributed by atoms with Crippen LogP contribution in [0.5, 0.6) is 5.88 Å². The topological polar surface area (TPSA) is 102 Å². The summed E-state index contributed by atoms with van der Waals surface area (Å²) in [5, 5.41) is 16.9. The molecular weight excluding hydrogens is 396 g/mol. The molecule has 0 unspecified atom stereocenters. The van der Waals surface area contributed by atoms with Crippen LogP contribution in [0, 0.1) is 0 Å². The average molecular weight is 418 g/mol. The van der Waals surface area contributed by atoms with Crippen molar-refractivity contribution in [2.24, 2.45) is 7.05 Å². The predicted octanol–water partition coefficient (Wildman–Crippen LogP) is 3.15. The monoisotopic (exact) mass is 418 g/mol. The van der Waals surface area contributed by atoms with Crippen molar-refractivity contribution in [2.75, 3.05) is 20.2 Å². The molecule has 3 aromatic heterocycles. The van der Waals surface area contributed by atoms with Gasteiger partial charge in [0.1, 0.15) is 6.61 Å². The number of benzene rings is 1. The molecule has 2 bridgehead atoms. The van der Waals surface area contributed by atoms with E-state index in [1.54, 1.807) is 22.8 Å². The third kappa shape index (κ3) is 3.18. The fraction of sp³-hybridized carbons (Fsp3) is 0.273. The van der Waals surface area contributed by atoms with Gasteiger partial charge in [0.05, 0.1) is 40.8 Å². The van der Waals surface area contributed by atoms with Crippen molar-refractivity contribution < 1.29 is 14.1 Å². The lowest BCUT2D eigenvalue weighted by Crippen LogP contribution is -2.31. The number of amides is 1. The zero-order chi connectivity index (χ0) is 21.5. The van der Waals surface area contributed by atoms with Crippen LogP contribution in [0.2, 0.25) is 0 Å². The van der Waals surface area contributed by atoms with Crippen molar-refractivity contribution in [2.45, 2.75) is 13.3 Å². The Morgan fingerprint density at radius 3 is 2.94 bits per heavy atom. The van der Waals surface area contributed by atoms with Crippen molar-refractivity contribution in [3.8, 4) is 17.0 Å². The van der Waals surface area contributed by atoms with Crippen LogP contribution < -0.4 is 4.74 Å². The number of H-pyrrole nitrogens is 1. The Morgan fingerprint density at radius 2 is 2.10 bits per heavy atom. The maximum atomic E-state index is 13.0. The van der Waals surface area contributed by atoms with Crippen LogP contribution in [-0.4, -0.2) is 56.1 Å². The van der Waals surface area contributed by atoms with E-state index in [1.165, 1.54) is 0 Å². The number of nitrogens with zero attached hydrogens (tertiary/aromatic N) is 5. The molecule has 1 aliphatic rings. The minimum absolute atomic E-state index is 0.215. The number of hydrogen-bond donors (Lipinski definition) is 1. The number of hydrogen-bond acceptors (Lipinski definition) is 6. The van der Waals surface area contributed by atoms with E-state index in [0.29, 0.717) is 31.0 Å². The number of ether oxygens (including phenoxy) is 1. The number of aryl methyl sites for hydroxylation is 2. The van der Waals surface area contributed by atoms with Gasteiger partial charge in [-0.25, -0.2) is 4.68 Å². The Labute approximate surface area is 178 Å². The lowest BCUT2D eigenvalue weighted by molar-refractivity contribution is 0.0730. The van der Waals surface area contributed by atoms with Gasteiger partial charge in [-0.2, -0.15) is 10.2 Å². The molecular formula is C22H22N6O3. The third-order valence-corrected chi connectivity index (χ3v) is 5.54. The van der Waals surface area contributed by atoms with Crippen molar-refractivity contribution in [3.05, 3.63) is 47.1 Å². The van der Waals surface area contributed by atoms with E-state index >= 15 is 0 Å². The molecule has 0 saturated heterocycles. The summed E-state index contributed by atoms with van der Waals surface area (Å²) in [4.78, 5) is 14.6. The summed E-state index contributed by atoms with van der Waals surface area (Å²) in [5.74, 6) is 0.611. The number of carbonyl (C=O) groups excluding carboxylic acids is 1. The molecule has 0 spiro atoms. The van der Waals surface area contributed by atoms with E-state index in [9.17, 15) is 4.79 Å². The van der Waals surface area contributed by atoms with E-state index in [-0.39, 0.29) is 11.7 Å². The molecule has 0 radical (unpaired) electrons. The summed E-state index contributed by atoms with van der Waals surface area (Å²) in [6, 6.07) is 6.07. The molecule has 4 aromatic rings. The molecule has 1 aromatic carbocycles. The number of nitrogens with one attached hydrogen (secondary N) is 1. The molecule has 9 heteroatoms. The van der Waals surface area contributed by atoms with E-state index < -0.39 is 0 Å². The van der Waals surface area contributed by atoms with Crippen LogP contribution in [0.3, 0.4) is 0 Å². The number of fused-ring (bicyclic) bond motifs is 4. The highest BCUT2D eigenvalue weighted by atomic mass is 16.5. The zero-order valence-corrected chi connectivity index (χ0v) is 17.5. The highest BCUT2D eigenvalue weighted by Crippen LogP contribution is 2.33. The van der Waals surface area contributed by atoms with Crippen molar-refractivity contribution in [3.63, 3.8) is 0 Å². The number of carbonyl (C=O) groups is 1. The van der Waals surface area contributed by atoms with Gasteiger partial charge in [-0.1, -0.05) is 18.1 Å². The van der Waals surface area contributed by atoms with Gasteiger partial charge in [0.25, 0.3) is 5.91 Å². The lowest BCUT2D eigenvalue weighted by atomic mass is 10.0. The molecule has 0 atom stereocenters. The first-order chi connectivity index (χ1) is 15.1. The van der Waals surface area contributed by atoms with Gasteiger partial charge in [-0.3, -0.25) is 9.89 Å². The lowest BCUT2D eigenvalue weighted by Gasteiger charge is -2.17. The van der Waals surface area contributed by atoms with E-state index in [1.807, 2.05) is 38.3 Å². The summed E-state index contributed by atoms with van der Waals surface area (Å²) < 4.78 is 13.2. The Kier molecular flexibility index (Phi) is 4.58. The minimum Gasteiger partial charge on any atom is -0.476 e. The van der Waals surface area contributed by atoms with Crippen LogP contribution in [-0.2, 0) is 13.5 Å². The first-order valence-electron chi connectivity index (χ1n) is 10.1. The second-order valence-corrected chi connectivity index (χ2v) is 7.49. The summed E-state index contributed by atoms with van der Waals surface area (Å²) in [5.41, 5.74) is 4.94. The first-order valence-corrected chi connectivity index (χ1v) is 10.1. The highest BCUT2D eigenvalue weighted by molar-refractivity contribution is 5.98. The summed E-state index contributed by atoms with van der Waals surface area (Å²) >= 11 is 0. The smallest absolute Gasteiger partial charge is 0.292 e. The molecule has 1 amide bonds. The van der Waals surface area contributed by atoms with Gasteiger partial charge in [0.2, 0.25) is 11.6 Å². The van der Waals surface area contributed by atoms with E-state index in [4.69, 9.17) is 9.26 Å². The van der Waals surface area contributed by atoms with Gasteiger partial charge < -0.3 is 14.2 Å². The van der Waals surface area contributed by atoms with Crippen molar-refractivity contribution in [1.29, 1.82) is 0 Å². The molecule has 0 aliphatic carbocycles. The molecule has 158 valence electrons. The van der Waals surface area contributed by atoms with E-state index in [0.717, 1.165) is 33.4 Å². The predicted molar refractivity (Wildman–Crippen MR) is 116 cm³/mol. The van der Waals surface area contributed by atoms with Gasteiger partial charge >= 0.3 is 0 Å². The minimum atomic E-state index is -0.247. The molecule has 0 saturated carbocycles. The molecule has 4 heterocycles. The van der Waals surface area contributed by atoms with Crippen LogP contribution in [0.15, 0.2) is 28.9 Å². The van der Waals surface area contributed by atoms with Gasteiger partial charge in [-0.15, -0.1) is 0 Å². The van der Waals surface area contributed by atoms with Crippen LogP contribution in [0.25, 0.3) is 34.2 Å². The molecule has 9 nitrogen and oxygen atoms in total. The molecule has 5 rings (SSSR count). The number of aromatic amines is 1. The number of aromatic nitrogens is 5. The Bertz CT molecular complexity index is 1310. The maximum absolute atomic E-state index is 13.0. The third-order valence-electron chi connectivity index (χ3n) is 5.54. The summed E-state index contributed by atoms with van der Waals surface area (Å²) in [6.45, 7) is 2.68. The Morgan fingerprint density at radius 1 is 1.23 bits per heavy atom. The SMILES string of the molecule is CCc1noc2c1/C=C/c1n[nH]c3ccc(cc13)-c1cnn(C)c1OCCN(C)C2=O. The number of likely N-dealkylation sites (N-methyl/N-ethyl adjacent to an activating group) is 1. The Hall–Kier alpha value is -3.88. The summed E-state index contributed by atoms with van der Waals surface area (Å²) in [7, 11) is 3.55. The van der Waals surface area contributed by atoms with Crippen molar-refractivity contribution >= 4 is 29.0 Å². The molecule has 31 heavy (non-hydrogen) atoms. The van der Waals surface area contributed by atoms with Crippen molar-refractivity contribution in [1.82, 2.24) is 30.0 Å². The maximum Gasteiger partial charge on any atom is 0.292 e. The van der Waals surface area contributed by atoms with Gasteiger partial charge in [-0.05, 0) is 36.3 Å². The largest absolute Gasteiger partial charge is 0.476 e. The quantitative estimate of drug-likeness (QED) is 0.509. The van der Waals surface area contributed by atoms with Gasteiger partial charge in [0, 0.05) is 19.5 Å². The fourth-order valence-corrected chi connectivity index (χ4v) is 3.75. The highest BCUT2D eigenvalue weighted by Gasteiger charge is 2.24. The van der Waals surface area contributed by atoms with Gasteiger partial charge in [0.15, 0.2) is 0 Å². The molecule has 0 fully saturated rings. The molecule has 1 aliphatic heterocycles. The molecule has 1 N–H and O–H groups in total. The van der Waals surface area contributed by atoms with Crippen LogP contribution in [0.1, 0.15) is 34.4 Å². The fourth-order valence-electron chi connectivity index (χ4n) is 3.75. The van der Waals surface area contributed by atoms with E-state index in [2.05, 4.69) is 26.5 Å². The standard InChI is InChI=1S/C22H22N6O3/c1-4-17-14-6-8-19-15-11-13(5-7-18(15)24-25-19)16-12-23-28(3)22(16)30-10-9-27(2)21(29)20(14)31-26-17/h5-8,11-12H,4,9-10H2,1-3H3,(H,24,25)/b8-6+. The number of rotatable bonds is 1. The normalized spacial score (nSPS) is 15.3. The first kappa shape index (κ1) is 19.1. The zero-order valence-electron chi connectivity index (χ0n) is 17.5. The second kappa shape index (κ2) is 7.42. The Balaban J connectivity index is 1.70. The summed E-state index contributed by atoms with van der Waals surface area (Å²) in [6.07, 6.45) is 6.17.